The molecule has 13 rings (SSSR count). The van der Waals surface area contributed by atoms with E-state index in [-0.39, 0.29) is 0 Å². The summed E-state index contributed by atoms with van der Waals surface area (Å²) in [5.41, 5.74) is 18.8. The third kappa shape index (κ3) is 6.62. The molecule has 0 amide bonds. The van der Waals surface area contributed by atoms with E-state index in [0.29, 0.717) is 5.82 Å². The van der Waals surface area contributed by atoms with Gasteiger partial charge in [0.15, 0.2) is 5.82 Å². The van der Waals surface area contributed by atoms with Crippen LogP contribution in [-0.2, 0) is 5.41 Å². The van der Waals surface area contributed by atoms with Gasteiger partial charge in [-0.25, -0.2) is 9.97 Å². The third-order valence-electron chi connectivity index (χ3n) is 13.8. The van der Waals surface area contributed by atoms with Crippen LogP contribution >= 0.6 is 11.3 Å². The van der Waals surface area contributed by atoms with E-state index in [1.54, 1.807) is 0 Å². The highest BCUT2D eigenvalue weighted by atomic mass is 32.1. The SMILES string of the molecule is c1ccc(-c2ccc(-c3cc(-c4cc(-c5ccc6c(c5)-c5ccccc5C6(c5ccccc5)c5ccccc5)nc(-c5ccccc5)n4)cc(-c4cccc5c4sc4ccccc45)c3)cc2)cc1. The highest BCUT2D eigenvalue weighted by Crippen LogP contribution is 2.56. The summed E-state index contributed by atoms with van der Waals surface area (Å²) in [5.74, 6) is 0.688. The first-order valence-electron chi connectivity index (χ1n) is 23.2. The molecule has 0 aliphatic heterocycles. The van der Waals surface area contributed by atoms with Crippen molar-refractivity contribution >= 4 is 31.5 Å². The molecule has 0 bridgehead atoms. The van der Waals surface area contributed by atoms with Crippen molar-refractivity contribution < 1.29 is 0 Å². The Labute approximate surface area is 400 Å². The van der Waals surface area contributed by atoms with E-state index in [0.717, 1.165) is 44.8 Å². The van der Waals surface area contributed by atoms with Gasteiger partial charge in [0.1, 0.15) is 0 Å². The van der Waals surface area contributed by atoms with Crippen LogP contribution in [-0.4, -0.2) is 9.97 Å². The number of benzene rings is 10. The van der Waals surface area contributed by atoms with Gasteiger partial charge in [-0.1, -0.05) is 218 Å². The molecule has 2 nitrogen and oxygen atoms in total. The Hall–Kier alpha value is -8.50. The van der Waals surface area contributed by atoms with Crippen LogP contribution in [0.1, 0.15) is 22.3 Å². The number of hydrogen-bond donors (Lipinski definition) is 0. The van der Waals surface area contributed by atoms with Gasteiger partial charge in [0.05, 0.1) is 16.8 Å². The lowest BCUT2D eigenvalue weighted by Crippen LogP contribution is -2.28. The fourth-order valence-corrected chi connectivity index (χ4v) is 11.9. The average molecular weight is 883 g/mol. The molecule has 2 aromatic heterocycles. The summed E-state index contributed by atoms with van der Waals surface area (Å²) < 4.78 is 2.57. The minimum Gasteiger partial charge on any atom is -0.228 e. The van der Waals surface area contributed by atoms with Gasteiger partial charge in [-0.3, -0.25) is 0 Å². The van der Waals surface area contributed by atoms with Crippen molar-refractivity contribution in [3.63, 3.8) is 0 Å². The van der Waals surface area contributed by atoms with Gasteiger partial charge in [-0.15, -0.1) is 11.3 Å². The standard InChI is InChI=1S/C65H42N2S/c1-5-18-43(19-6-1)44-32-34-45(35-33-44)48-38-49(53-28-17-29-56-55-27-14-16-31-62(55)68-63(53)56)40-50(39-48)61-42-60(66-64(67-61)46-20-7-2-8-21-46)47-36-37-59-57(41-47)54-26-13-15-30-58(54)65(59,51-22-9-3-10-23-51)52-24-11-4-12-25-52/h1-42H. The third-order valence-corrected chi connectivity index (χ3v) is 15.0. The fourth-order valence-electron chi connectivity index (χ4n) is 10.6. The fraction of sp³-hybridized carbons (Fsp3) is 0.0154. The van der Waals surface area contributed by atoms with Crippen molar-refractivity contribution in [1.29, 1.82) is 0 Å². The van der Waals surface area contributed by atoms with Crippen LogP contribution in [0.5, 0.6) is 0 Å². The Morgan fingerprint density at radius 3 is 1.51 bits per heavy atom. The second-order valence-corrected chi connectivity index (χ2v) is 18.7. The Balaban J connectivity index is 1.02. The molecule has 0 saturated carbocycles. The van der Waals surface area contributed by atoms with E-state index in [4.69, 9.17) is 9.97 Å². The monoisotopic (exact) mass is 882 g/mol. The molecule has 0 atom stereocenters. The van der Waals surface area contributed by atoms with Gasteiger partial charge in [-0.05, 0) is 103 Å². The molecule has 0 unspecified atom stereocenters. The molecule has 3 heteroatoms. The number of hydrogen-bond acceptors (Lipinski definition) is 3. The first kappa shape index (κ1) is 39.8. The molecular weight excluding hydrogens is 841 g/mol. The van der Waals surface area contributed by atoms with Crippen molar-refractivity contribution in [3.05, 3.63) is 277 Å². The minimum atomic E-state index is -0.480. The van der Waals surface area contributed by atoms with Crippen LogP contribution in [0.25, 0.3) is 98.6 Å². The van der Waals surface area contributed by atoms with Crippen molar-refractivity contribution in [1.82, 2.24) is 9.97 Å². The zero-order valence-electron chi connectivity index (χ0n) is 37.1. The maximum absolute atomic E-state index is 5.42. The van der Waals surface area contributed by atoms with Gasteiger partial charge >= 0.3 is 0 Å². The average Bonchev–Trinajstić information content (AvgIpc) is 3.95. The summed E-state index contributed by atoms with van der Waals surface area (Å²) in [6.45, 7) is 0. The summed E-state index contributed by atoms with van der Waals surface area (Å²) in [7, 11) is 0. The Kier molecular flexibility index (Phi) is 9.62. The molecule has 0 spiro atoms. The molecule has 0 saturated heterocycles. The molecule has 0 N–H and O–H groups in total. The molecule has 0 fully saturated rings. The zero-order valence-corrected chi connectivity index (χ0v) is 37.9. The Morgan fingerprint density at radius 1 is 0.294 bits per heavy atom. The van der Waals surface area contributed by atoms with Crippen molar-refractivity contribution in [2.75, 3.05) is 0 Å². The first-order chi connectivity index (χ1) is 33.7. The molecule has 2 heterocycles. The summed E-state index contributed by atoms with van der Waals surface area (Å²) in [5, 5.41) is 2.57. The molecular formula is C65H42N2S. The van der Waals surface area contributed by atoms with E-state index in [9.17, 15) is 0 Å². The normalized spacial score (nSPS) is 12.5. The van der Waals surface area contributed by atoms with Gasteiger partial charge in [0, 0.05) is 36.9 Å². The number of rotatable bonds is 8. The molecule has 1 aliphatic rings. The summed E-state index contributed by atoms with van der Waals surface area (Å²) >= 11 is 1.86. The minimum absolute atomic E-state index is 0.480. The smallest absolute Gasteiger partial charge is 0.160 e. The van der Waals surface area contributed by atoms with E-state index >= 15 is 0 Å². The van der Waals surface area contributed by atoms with Crippen molar-refractivity contribution in [2.24, 2.45) is 0 Å². The van der Waals surface area contributed by atoms with E-state index < -0.39 is 5.41 Å². The lowest BCUT2D eigenvalue weighted by atomic mass is 9.67. The second-order valence-electron chi connectivity index (χ2n) is 17.6. The summed E-state index contributed by atoms with van der Waals surface area (Å²) in [6.07, 6.45) is 0. The summed E-state index contributed by atoms with van der Waals surface area (Å²) in [4.78, 5) is 10.8. The van der Waals surface area contributed by atoms with Crippen LogP contribution in [0, 0.1) is 0 Å². The molecule has 68 heavy (non-hydrogen) atoms. The number of fused-ring (bicyclic) bond motifs is 6. The zero-order chi connectivity index (χ0) is 45.0. The Bertz CT molecular complexity index is 3780. The lowest BCUT2D eigenvalue weighted by Gasteiger charge is -2.33. The van der Waals surface area contributed by atoms with Gasteiger partial charge in [0.25, 0.3) is 0 Å². The van der Waals surface area contributed by atoms with Crippen LogP contribution in [0.15, 0.2) is 255 Å². The second kappa shape index (κ2) is 16.4. The molecule has 0 radical (unpaired) electrons. The van der Waals surface area contributed by atoms with Crippen molar-refractivity contribution in [2.45, 2.75) is 5.41 Å². The molecule has 1 aliphatic carbocycles. The van der Waals surface area contributed by atoms with Gasteiger partial charge in [0.2, 0.25) is 0 Å². The van der Waals surface area contributed by atoms with Crippen LogP contribution in [0.4, 0.5) is 0 Å². The number of nitrogens with zero attached hydrogens (tertiary/aromatic N) is 2. The van der Waals surface area contributed by atoms with Crippen LogP contribution < -0.4 is 0 Å². The van der Waals surface area contributed by atoms with Gasteiger partial charge in [-0.2, -0.15) is 0 Å². The van der Waals surface area contributed by atoms with Crippen LogP contribution in [0.3, 0.4) is 0 Å². The van der Waals surface area contributed by atoms with Crippen molar-refractivity contribution in [3.8, 4) is 78.4 Å². The predicted molar refractivity (Wildman–Crippen MR) is 285 cm³/mol. The largest absolute Gasteiger partial charge is 0.228 e. The van der Waals surface area contributed by atoms with E-state index in [1.165, 1.54) is 70.2 Å². The number of thiophene rings is 1. The molecule has 12 aromatic rings. The highest BCUT2D eigenvalue weighted by Gasteiger charge is 2.46. The predicted octanol–water partition coefficient (Wildman–Crippen LogP) is 17.2. The van der Waals surface area contributed by atoms with Crippen LogP contribution in [0.2, 0.25) is 0 Å². The lowest BCUT2D eigenvalue weighted by molar-refractivity contribution is 0.768. The quantitative estimate of drug-likeness (QED) is 0.152. The highest BCUT2D eigenvalue weighted by molar-refractivity contribution is 7.26. The first-order valence-corrected chi connectivity index (χ1v) is 24.0. The van der Waals surface area contributed by atoms with E-state index in [2.05, 4.69) is 249 Å². The van der Waals surface area contributed by atoms with Gasteiger partial charge < -0.3 is 0 Å². The number of aromatic nitrogens is 2. The molecule has 318 valence electrons. The maximum atomic E-state index is 5.42. The maximum Gasteiger partial charge on any atom is 0.160 e. The summed E-state index contributed by atoms with van der Waals surface area (Å²) in [6, 6.07) is 92.4. The van der Waals surface area contributed by atoms with E-state index in [1.807, 2.05) is 17.4 Å². The Morgan fingerprint density at radius 2 is 0.794 bits per heavy atom. The molecule has 10 aromatic carbocycles. The topological polar surface area (TPSA) is 25.8 Å².